The average molecular weight is 388 g/mol. The van der Waals surface area contributed by atoms with Crippen molar-refractivity contribution in [3.05, 3.63) is 65.2 Å². The number of urea groups is 1. The van der Waals surface area contributed by atoms with Crippen LogP contribution in [0.4, 0.5) is 13.6 Å². The predicted octanol–water partition coefficient (Wildman–Crippen LogP) is 4.38. The monoisotopic (exact) mass is 388 g/mol. The van der Waals surface area contributed by atoms with Gasteiger partial charge in [0.25, 0.3) is 5.91 Å². The fraction of sp³-hybridized carbons (Fsp3) is 0.333. The highest BCUT2D eigenvalue weighted by Gasteiger charge is 2.48. The first-order valence-electron chi connectivity index (χ1n) is 8.99. The normalized spacial score (nSPS) is 19.5. The Bertz CT molecular complexity index is 866. The Hall–Kier alpha value is -2.96. The first kappa shape index (κ1) is 19.8. The van der Waals surface area contributed by atoms with Gasteiger partial charge < -0.3 is 10.1 Å². The minimum atomic E-state index is -2.92. The summed E-state index contributed by atoms with van der Waals surface area (Å²) in [7, 11) is 0. The molecule has 0 radical (unpaired) electrons. The molecule has 0 spiro atoms. The number of rotatable bonds is 6. The molecule has 1 fully saturated rings. The molecule has 2 aromatic carbocycles. The summed E-state index contributed by atoms with van der Waals surface area (Å²) in [5, 5.41) is 2.70. The van der Waals surface area contributed by atoms with Crippen molar-refractivity contribution in [2.24, 2.45) is 0 Å². The third-order valence-corrected chi connectivity index (χ3v) is 4.92. The van der Waals surface area contributed by atoms with Gasteiger partial charge >= 0.3 is 12.6 Å². The van der Waals surface area contributed by atoms with Crippen LogP contribution in [0.1, 0.15) is 43.4 Å². The number of carbonyl (C=O) groups excluding carboxylic acids is 2. The van der Waals surface area contributed by atoms with Crippen LogP contribution >= 0.6 is 0 Å². The summed E-state index contributed by atoms with van der Waals surface area (Å²) in [5.74, 6) is -0.0136. The maximum atomic E-state index is 13.0. The third kappa shape index (κ3) is 3.83. The lowest BCUT2D eigenvalue weighted by Gasteiger charge is -2.22. The number of hydrogen-bond acceptors (Lipinski definition) is 3. The molecule has 28 heavy (non-hydrogen) atoms. The van der Waals surface area contributed by atoms with Crippen molar-refractivity contribution in [3.8, 4) is 5.75 Å². The number of nitrogens with one attached hydrogen (secondary N) is 1. The largest absolute Gasteiger partial charge is 0.435 e. The Balaban J connectivity index is 1.78. The molecule has 0 aliphatic carbocycles. The van der Waals surface area contributed by atoms with Gasteiger partial charge in [0.1, 0.15) is 11.3 Å². The average Bonchev–Trinajstić information content (AvgIpc) is 2.86. The van der Waals surface area contributed by atoms with Crippen LogP contribution in [-0.4, -0.2) is 23.4 Å². The van der Waals surface area contributed by atoms with Gasteiger partial charge in [0.2, 0.25) is 0 Å². The molecule has 1 heterocycles. The van der Waals surface area contributed by atoms with Gasteiger partial charge in [-0.3, -0.25) is 9.69 Å². The van der Waals surface area contributed by atoms with E-state index in [-0.39, 0.29) is 12.3 Å². The summed E-state index contributed by atoms with van der Waals surface area (Å²) < 4.78 is 28.9. The highest BCUT2D eigenvalue weighted by atomic mass is 19.3. The SMILES string of the molecule is CC(C)c1ccc(CN2C(=O)N[C@@](C)(c3ccc(OC(F)F)cc3)C2=O)cc1. The molecule has 2 aromatic rings. The van der Waals surface area contributed by atoms with Crippen molar-refractivity contribution in [2.75, 3.05) is 0 Å². The van der Waals surface area contributed by atoms with Gasteiger partial charge in [0, 0.05) is 0 Å². The molecule has 0 bridgehead atoms. The van der Waals surface area contributed by atoms with E-state index in [1.54, 1.807) is 6.92 Å². The van der Waals surface area contributed by atoms with E-state index in [1.165, 1.54) is 29.8 Å². The van der Waals surface area contributed by atoms with Crippen molar-refractivity contribution in [2.45, 2.75) is 45.4 Å². The molecule has 1 aliphatic rings. The van der Waals surface area contributed by atoms with E-state index in [0.717, 1.165) is 10.5 Å². The standard InChI is InChI=1S/C21H22F2N2O3/c1-13(2)15-6-4-14(5-7-15)12-25-18(26)21(3,24-20(25)27)16-8-10-17(11-9-16)28-19(22)23/h4-11,13,19H,12H2,1-3H3,(H,24,27)/t21-/m0/s1. The number of amides is 3. The van der Waals surface area contributed by atoms with Gasteiger partial charge in [0.15, 0.2) is 0 Å². The first-order valence-corrected chi connectivity index (χ1v) is 8.99. The van der Waals surface area contributed by atoms with E-state index >= 15 is 0 Å². The second-order valence-corrected chi connectivity index (χ2v) is 7.25. The predicted molar refractivity (Wildman–Crippen MR) is 100 cm³/mol. The summed E-state index contributed by atoms with van der Waals surface area (Å²) >= 11 is 0. The first-order chi connectivity index (χ1) is 13.2. The molecule has 1 atom stereocenters. The van der Waals surface area contributed by atoms with Crippen molar-refractivity contribution in [3.63, 3.8) is 0 Å². The highest BCUT2D eigenvalue weighted by molar-refractivity contribution is 6.07. The van der Waals surface area contributed by atoms with Crippen LogP contribution in [0, 0.1) is 0 Å². The maximum absolute atomic E-state index is 13.0. The summed E-state index contributed by atoms with van der Waals surface area (Å²) in [6.07, 6.45) is 0. The van der Waals surface area contributed by atoms with Crippen LogP contribution in [0.2, 0.25) is 0 Å². The number of hydrogen-bond donors (Lipinski definition) is 1. The molecular weight excluding hydrogens is 366 g/mol. The number of halogens is 2. The summed E-state index contributed by atoms with van der Waals surface area (Å²) in [4.78, 5) is 26.6. The van der Waals surface area contributed by atoms with Crippen LogP contribution in [0.3, 0.4) is 0 Å². The fourth-order valence-corrected chi connectivity index (χ4v) is 3.20. The molecule has 0 aromatic heterocycles. The number of nitrogens with zero attached hydrogens (tertiary/aromatic N) is 1. The van der Waals surface area contributed by atoms with Crippen LogP contribution in [-0.2, 0) is 16.9 Å². The van der Waals surface area contributed by atoms with Crippen molar-refractivity contribution < 1.29 is 23.1 Å². The van der Waals surface area contributed by atoms with Crippen LogP contribution in [0.15, 0.2) is 48.5 Å². The topological polar surface area (TPSA) is 58.6 Å². The fourth-order valence-electron chi connectivity index (χ4n) is 3.20. The molecule has 1 saturated heterocycles. The molecular formula is C21H22F2N2O3. The number of ether oxygens (including phenoxy) is 1. The highest BCUT2D eigenvalue weighted by Crippen LogP contribution is 2.31. The molecule has 148 valence electrons. The minimum Gasteiger partial charge on any atom is -0.435 e. The summed E-state index contributed by atoms with van der Waals surface area (Å²) in [6, 6.07) is 13.0. The van der Waals surface area contributed by atoms with Gasteiger partial charge in [-0.2, -0.15) is 8.78 Å². The molecule has 3 rings (SSSR count). The number of carbonyl (C=O) groups is 2. The lowest BCUT2D eigenvalue weighted by molar-refractivity contribution is -0.131. The molecule has 3 amide bonds. The maximum Gasteiger partial charge on any atom is 0.387 e. The van der Waals surface area contributed by atoms with Gasteiger partial charge in [-0.25, -0.2) is 4.79 Å². The molecule has 1 aliphatic heterocycles. The van der Waals surface area contributed by atoms with Gasteiger partial charge in [-0.15, -0.1) is 0 Å². The second-order valence-electron chi connectivity index (χ2n) is 7.25. The van der Waals surface area contributed by atoms with E-state index in [0.29, 0.717) is 11.5 Å². The minimum absolute atomic E-state index is 0.0128. The molecule has 0 saturated carbocycles. The zero-order valence-electron chi connectivity index (χ0n) is 15.9. The lowest BCUT2D eigenvalue weighted by Crippen LogP contribution is -2.40. The van der Waals surface area contributed by atoms with E-state index in [1.807, 2.05) is 24.3 Å². The Kier molecular flexibility index (Phi) is 5.36. The Morgan fingerprint density at radius 1 is 1.04 bits per heavy atom. The zero-order valence-corrected chi connectivity index (χ0v) is 15.9. The molecule has 0 unspecified atom stereocenters. The second kappa shape index (κ2) is 7.58. The van der Waals surface area contributed by atoms with Gasteiger partial charge in [0.05, 0.1) is 6.54 Å². The molecule has 1 N–H and O–H groups in total. The zero-order chi connectivity index (χ0) is 20.5. The van der Waals surface area contributed by atoms with E-state index in [4.69, 9.17) is 0 Å². The van der Waals surface area contributed by atoms with Crippen LogP contribution in [0.5, 0.6) is 5.75 Å². The van der Waals surface area contributed by atoms with Gasteiger partial charge in [-0.05, 0) is 41.7 Å². The number of imide groups is 1. The Morgan fingerprint density at radius 3 is 2.18 bits per heavy atom. The molecule has 7 heteroatoms. The van der Waals surface area contributed by atoms with Crippen molar-refractivity contribution in [1.82, 2.24) is 10.2 Å². The van der Waals surface area contributed by atoms with Crippen molar-refractivity contribution >= 4 is 11.9 Å². The summed E-state index contributed by atoms with van der Waals surface area (Å²) in [5.41, 5.74) is 1.25. The van der Waals surface area contributed by atoms with E-state index < -0.39 is 24.1 Å². The lowest BCUT2D eigenvalue weighted by atomic mass is 9.92. The Morgan fingerprint density at radius 2 is 1.64 bits per heavy atom. The molecule has 5 nitrogen and oxygen atoms in total. The van der Waals surface area contributed by atoms with Crippen LogP contribution < -0.4 is 10.1 Å². The third-order valence-electron chi connectivity index (χ3n) is 4.92. The number of benzene rings is 2. The summed E-state index contributed by atoms with van der Waals surface area (Å²) in [6.45, 7) is 3.01. The van der Waals surface area contributed by atoms with E-state index in [2.05, 4.69) is 23.9 Å². The van der Waals surface area contributed by atoms with Crippen LogP contribution in [0.25, 0.3) is 0 Å². The quantitative estimate of drug-likeness (QED) is 0.747. The van der Waals surface area contributed by atoms with Crippen molar-refractivity contribution in [1.29, 1.82) is 0 Å². The van der Waals surface area contributed by atoms with Gasteiger partial charge in [-0.1, -0.05) is 50.2 Å². The van der Waals surface area contributed by atoms with E-state index in [9.17, 15) is 18.4 Å². The number of alkyl halides is 2. The smallest absolute Gasteiger partial charge is 0.387 e. The Labute approximate surface area is 162 Å².